The van der Waals surface area contributed by atoms with Crippen molar-refractivity contribution in [2.45, 2.75) is 37.1 Å². The van der Waals surface area contributed by atoms with Gasteiger partial charge in [0, 0.05) is 30.8 Å². The fourth-order valence-electron chi connectivity index (χ4n) is 4.77. The van der Waals surface area contributed by atoms with Gasteiger partial charge in [0.25, 0.3) is 0 Å². The maximum Gasteiger partial charge on any atom is 0.247 e. The highest BCUT2D eigenvalue weighted by Crippen LogP contribution is 2.36. The Morgan fingerprint density at radius 1 is 1.10 bits per heavy atom. The zero-order chi connectivity index (χ0) is 21.8. The second kappa shape index (κ2) is 9.16. The number of nitrogens with one attached hydrogen (secondary N) is 2. The van der Waals surface area contributed by atoms with E-state index >= 15 is 0 Å². The normalized spacial score (nSPS) is 20.5. The summed E-state index contributed by atoms with van der Waals surface area (Å²) in [5.41, 5.74) is 0.839. The summed E-state index contributed by atoms with van der Waals surface area (Å²) in [6.45, 7) is 1.79. The number of hydrogen-bond donors (Lipinski definition) is 2. The molecule has 1 amide bonds. The molecule has 2 N–H and O–H groups in total. The van der Waals surface area contributed by atoms with Crippen molar-refractivity contribution in [1.29, 1.82) is 0 Å². The largest absolute Gasteiger partial charge is 0.339 e. The standard InChI is InChI=1S/C24H29FN4O2/c1-26-21(16-20(25)22(30)18-8-4-2-5-9-18)28-14-12-24(13-15-28)23(31)27-17-29(24)19-10-6-3-7-11-19/h2-11,20-21,26H,12-17H2,1H3,(H,27,31). The van der Waals surface area contributed by atoms with E-state index in [-0.39, 0.29) is 18.5 Å². The summed E-state index contributed by atoms with van der Waals surface area (Å²) in [5, 5.41) is 6.16. The van der Waals surface area contributed by atoms with E-state index in [2.05, 4.69) is 20.4 Å². The van der Waals surface area contributed by atoms with E-state index in [1.807, 2.05) is 36.4 Å². The van der Waals surface area contributed by atoms with E-state index < -0.39 is 17.5 Å². The molecule has 0 bridgehead atoms. The molecule has 0 radical (unpaired) electrons. The van der Waals surface area contributed by atoms with Gasteiger partial charge >= 0.3 is 0 Å². The summed E-state index contributed by atoms with van der Waals surface area (Å²) in [5.74, 6) is -0.431. The number of carbonyl (C=O) groups is 2. The zero-order valence-electron chi connectivity index (χ0n) is 17.8. The first-order chi connectivity index (χ1) is 15.0. The summed E-state index contributed by atoms with van der Waals surface area (Å²) in [6.07, 6.45) is -0.474. The lowest BCUT2D eigenvalue weighted by Crippen LogP contribution is -2.59. The number of carbonyl (C=O) groups excluding carboxylic acids is 2. The topological polar surface area (TPSA) is 64.7 Å². The van der Waals surface area contributed by atoms with E-state index in [4.69, 9.17) is 0 Å². The summed E-state index contributed by atoms with van der Waals surface area (Å²) >= 11 is 0. The Labute approximate surface area is 182 Å². The molecule has 2 aromatic carbocycles. The van der Waals surface area contributed by atoms with Crippen LogP contribution in [-0.4, -0.2) is 61.3 Å². The molecule has 0 aliphatic carbocycles. The lowest BCUT2D eigenvalue weighted by atomic mass is 9.85. The second-order valence-electron chi connectivity index (χ2n) is 8.23. The minimum atomic E-state index is -1.58. The fourth-order valence-corrected chi connectivity index (χ4v) is 4.77. The number of alkyl halides is 1. The molecule has 4 rings (SSSR count). The number of para-hydroxylation sites is 1. The highest BCUT2D eigenvalue weighted by atomic mass is 19.1. The lowest BCUT2D eigenvalue weighted by Gasteiger charge is -2.45. The van der Waals surface area contributed by atoms with Gasteiger partial charge in [-0.15, -0.1) is 0 Å². The first kappa shape index (κ1) is 21.5. The average Bonchev–Trinajstić information content (AvgIpc) is 3.14. The Balaban J connectivity index is 1.42. The third kappa shape index (κ3) is 4.20. The number of piperidine rings is 1. The molecular weight excluding hydrogens is 395 g/mol. The molecule has 1 spiro atoms. The number of benzene rings is 2. The Hall–Kier alpha value is -2.77. The molecule has 2 fully saturated rings. The Morgan fingerprint density at radius 2 is 1.71 bits per heavy atom. The number of halogens is 1. The minimum Gasteiger partial charge on any atom is -0.339 e. The van der Waals surface area contributed by atoms with Gasteiger partial charge in [0.05, 0.1) is 12.8 Å². The van der Waals surface area contributed by atoms with Gasteiger partial charge in [-0.25, -0.2) is 4.39 Å². The lowest BCUT2D eigenvalue weighted by molar-refractivity contribution is -0.125. The summed E-state index contributed by atoms with van der Waals surface area (Å²) in [7, 11) is 1.79. The van der Waals surface area contributed by atoms with Gasteiger partial charge in [0.2, 0.25) is 5.91 Å². The first-order valence-electron chi connectivity index (χ1n) is 10.8. The Morgan fingerprint density at radius 3 is 2.32 bits per heavy atom. The predicted octanol–water partition coefficient (Wildman–Crippen LogP) is 2.57. The third-order valence-corrected chi connectivity index (χ3v) is 6.58. The molecule has 164 valence electrons. The second-order valence-corrected chi connectivity index (χ2v) is 8.23. The monoisotopic (exact) mass is 424 g/mol. The highest BCUT2D eigenvalue weighted by Gasteiger charge is 2.50. The summed E-state index contributed by atoms with van der Waals surface area (Å²) in [4.78, 5) is 29.6. The molecule has 2 unspecified atom stereocenters. The van der Waals surface area contributed by atoms with Crippen LogP contribution in [0.3, 0.4) is 0 Å². The molecular formula is C24H29FN4O2. The molecule has 2 aromatic rings. The van der Waals surface area contributed by atoms with Crippen LogP contribution in [0.5, 0.6) is 0 Å². The van der Waals surface area contributed by atoms with Crippen molar-refractivity contribution in [3.05, 3.63) is 66.2 Å². The quantitative estimate of drug-likeness (QED) is 0.669. The van der Waals surface area contributed by atoms with Gasteiger partial charge < -0.3 is 15.5 Å². The first-order valence-corrected chi connectivity index (χ1v) is 10.8. The molecule has 6 nitrogen and oxygen atoms in total. The van der Waals surface area contributed by atoms with Crippen LogP contribution in [0.1, 0.15) is 29.6 Å². The molecule has 2 aliphatic rings. The number of hydrogen-bond acceptors (Lipinski definition) is 5. The summed E-state index contributed by atoms with van der Waals surface area (Å²) in [6, 6.07) is 18.5. The van der Waals surface area contributed by atoms with Crippen LogP contribution < -0.4 is 15.5 Å². The van der Waals surface area contributed by atoms with E-state index in [1.54, 1.807) is 31.3 Å². The molecule has 2 aliphatic heterocycles. The zero-order valence-corrected chi connectivity index (χ0v) is 17.8. The van der Waals surface area contributed by atoms with Crippen LogP contribution in [0, 0.1) is 0 Å². The Bertz CT molecular complexity index is 900. The smallest absolute Gasteiger partial charge is 0.247 e. The van der Waals surface area contributed by atoms with Crippen LogP contribution >= 0.6 is 0 Å². The number of ketones is 1. The van der Waals surface area contributed by atoms with Crippen LogP contribution in [0.4, 0.5) is 10.1 Å². The van der Waals surface area contributed by atoms with Gasteiger partial charge in [0.15, 0.2) is 12.0 Å². The van der Waals surface area contributed by atoms with Gasteiger partial charge in [0.1, 0.15) is 5.54 Å². The van der Waals surface area contributed by atoms with E-state index in [0.29, 0.717) is 38.2 Å². The molecule has 0 saturated carbocycles. The van der Waals surface area contributed by atoms with E-state index in [0.717, 1.165) is 5.69 Å². The maximum atomic E-state index is 14.8. The van der Waals surface area contributed by atoms with Crippen molar-refractivity contribution in [2.75, 3.05) is 31.7 Å². The number of rotatable bonds is 7. The van der Waals surface area contributed by atoms with Crippen LogP contribution in [0.2, 0.25) is 0 Å². The number of likely N-dealkylation sites (tertiary alicyclic amines) is 1. The molecule has 31 heavy (non-hydrogen) atoms. The van der Waals surface area contributed by atoms with Gasteiger partial charge in [-0.1, -0.05) is 48.5 Å². The van der Waals surface area contributed by atoms with E-state index in [9.17, 15) is 14.0 Å². The van der Waals surface area contributed by atoms with Crippen LogP contribution in [0.25, 0.3) is 0 Å². The molecule has 7 heteroatoms. The molecule has 2 saturated heterocycles. The van der Waals surface area contributed by atoms with Gasteiger partial charge in [-0.2, -0.15) is 0 Å². The Kier molecular flexibility index (Phi) is 6.34. The number of anilines is 1. The average molecular weight is 425 g/mol. The third-order valence-electron chi connectivity index (χ3n) is 6.58. The van der Waals surface area contributed by atoms with Crippen molar-refractivity contribution in [3.63, 3.8) is 0 Å². The number of nitrogens with zero attached hydrogens (tertiary/aromatic N) is 2. The van der Waals surface area contributed by atoms with Crippen molar-refractivity contribution in [1.82, 2.24) is 15.5 Å². The van der Waals surface area contributed by atoms with Crippen molar-refractivity contribution < 1.29 is 14.0 Å². The van der Waals surface area contributed by atoms with Crippen molar-refractivity contribution in [2.24, 2.45) is 0 Å². The summed E-state index contributed by atoms with van der Waals surface area (Å²) < 4.78 is 14.8. The fraction of sp³-hybridized carbons (Fsp3) is 0.417. The van der Waals surface area contributed by atoms with Gasteiger partial charge in [-0.3, -0.25) is 14.5 Å². The van der Waals surface area contributed by atoms with Crippen LogP contribution in [0.15, 0.2) is 60.7 Å². The van der Waals surface area contributed by atoms with E-state index in [1.165, 1.54) is 0 Å². The number of Topliss-reactive ketones (excluding diaryl/α,β-unsaturated/α-hetero) is 1. The molecule has 0 aromatic heterocycles. The number of amides is 1. The maximum absolute atomic E-state index is 14.8. The van der Waals surface area contributed by atoms with Gasteiger partial charge in [-0.05, 0) is 32.0 Å². The van der Waals surface area contributed by atoms with Crippen LogP contribution in [-0.2, 0) is 4.79 Å². The molecule has 2 heterocycles. The van der Waals surface area contributed by atoms with Crippen molar-refractivity contribution >= 4 is 17.4 Å². The molecule has 2 atom stereocenters. The minimum absolute atomic E-state index is 0.0552. The van der Waals surface area contributed by atoms with Crippen molar-refractivity contribution in [3.8, 4) is 0 Å². The highest BCUT2D eigenvalue weighted by molar-refractivity contribution is 5.99. The SMILES string of the molecule is CNC(CC(F)C(=O)c1ccccc1)N1CCC2(CC1)C(=O)NCN2c1ccccc1. The predicted molar refractivity (Wildman–Crippen MR) is 119 cm³/mol.